The quantitative estimate of drug-likeness (QED) is 0.625. The number of nitrogens with zero attached hydrogens (tertiary/aromatic N) is 3. The fourth-order valence-corrected chi connectivity index (χ4v) is 1.57. The van der Waals surface area contributed by atoms with E-state index in [2.05, 4.69) is 21.8 Å². The Morgan fingerprint density at radius 3 is 2.75 bits per heavy atom. The highest BCUT2D eigenvalue weighted by molar-refractivity contribution is 5.29. The van der Waals surface area contributed by atoms with Crippen molar-refractivity contribution in [2.75, 3.05) is 18.0 Å². The topological polar surface area (TPSA) is 29.0 Å². The minimum atomic E-state index is 0.786. The van der Waals surface area contributed by atoms with Crippen LogP contribution < -0.4 is 4.90 Å². The zero-order chi connectivity index (χ0) is 8.39. The molecule has 0 spiro atoms. The molecule has 0 radical (unpaired) electrons. The highest BCUT2D eigenvalue weighted by atomic mass is 15.3. The summed E-state index contributed by atoms with van der Waals surface area (Å²) in [6, 6.07) is 1.85. The molecule has 0 bridgehead atoms. The van der Waals surface area contributed by atoms with Crippen LogP contribution in [0.1, 0.15) is 13.3 Å². The van der Waals surface area contributed by atoms with Gasteiger partial charge in [0.05, 0.1) is 0 Å². The summed E-state index contributed by atoms with van der Waals surface area (Å²) in [6.45, 7) is 4.47. The average molecular weight is 163 g/mol. The Bertz CT molecular complexity index is 247. The Hall–Kier alpha value is -1.12. The Morgan fingerprint density at radius 2 is 2.17 bits per heavy atom. The van der Waals surface area contributed by atoms with Gasteiger partial charge in [-0.3, -0.25) is 0 Å². The molecule has 0 aliphatic carbocycles. The van der Waals surface area contributed by atoms with Gasteiger partial charge in [0, 0.05) is 25.5 Å². The van der Waals surface area contributed by atoms with Gasteiger partial charge in [0.25, 0.3) is 0 Å². The fourth-order valence-electron chi connectivity index (χ4n) is 1.57. The van der Waals surface area contributed by atoms with E-state index in [4.69, 9.17) is 0 Å². The summed E-state index contributed by atoms with van der Waals surface area (Å²) in [5.41, 5.74) is 0. The fraction of sp³-hybridized carbons (Fsp3) is 0.556. The average Bonchev–Trinajstić information content (AvgIpc) is 2.54. The van der Waals surface area contributed by atoms with Crippen LogP contribution in [0.2, 0.25) is 0 Å². The lowest BCUT2D eigenvalue weighted by Gasteiger charge is -2.14. The number of aromatic nitrogens is 2. The summed E-state index contributed by atoms with van der Waals surface area (Å²) in [5.74, 6) is 1.66. The SMILES string of the molecule is C[C@H]1CCN(c2ncccn2)C1. The first-order valence-corrected chi connectivity index (χ1v) is 4.38. The van der Waals surface area contributed by atoms with Crippen LogP contribution in [-0.2, 0) is 0 Å². The summed E-state index contributed by atoms with van der Waals surface area (Å²) in [7, 11) is 0. The van der Waals surface area contributed by atoms with Gasteiger partial charge in [0.15, 0.2) is 0 Å². The molecule has 2 rings (SSSR count). The van der Waals surface area contributed by atoms with Crippen LogP contribution in [0.4, 0.5) is 5.95 Å². The second-order valence-corrected chi connectivity index (χ2v) is 3.39. The van der Waals surface area contributed by atoms with Gasteiger partial charge in [-0.15, -0.1) is 0 Å². The smallest absolute Gasteiger partial charge is 0.225 e. The zero-order valence-electron chi connectivity index (χ0n) is 7.27. The van der Waals surface area contributed by atoms with Crippen LogP contribution in [0.5, 0.6) is 0 Å². The predicted molar refractivity (Wildman–Crippen MR) is 48.0 cm³/mol. The van der Waals surface area contributed by atoms with Crippen molar-refractivity contribution in [3.8, 4) is 0 Å². The van der Waals surface area contributed by atoms with Crippen molar-refractivity contribution in [2.45, 2.75) is 13.3 Å². The lowest BCUT2D eigenvalue weighted by atomic mass is 10.2. The number of rotatable bonds is 1. The zero-order valence-corrected chi connectivity index (χ0v) is 7.27. The van der Waals surface area contributed by atoms with Gasteiger partial charge in [0.2, 0.25) is 5.95 Å². The summed E-state index contributed by atoms with van der Waals surface area (Å²) in [5, 5.41) is 0. The van der Waals surface area contributed by atoms with E-state index in [0.717, 1.165) is 25.0 Å². The first-order chi connectivity index (χ1) is 5.86. The number of hydrogen-bond donors (Lipinski definition) is 0. The maximum atomic E-state index is 4.21. The second kappa shape index (κ2) is 3.09. The van der Waals surface area contributed by atoms with Gasteiger partial charge in [-0.1, -0.05) is 6.92 Å². The molecule has 1 fully saturated rings. The molecule has 3 heteroatoms. The van der Waals surface area contributed by atoms with E-state index in [-0.39, 0.29) is 0 Å². The molecule has 2 heterocycles. The molecule has 1 aromatic heterocycles. The monoisotopic (exact) mass is 163 g/mol. The molecule has 0 aromatic carbocycles. The molecule has 1 aliphatic heterocycles. The van der Waals surface area contributed by atoms with Crippen molar-refractivity contribution in [2.24, 2.45) is 5.92 Å². The lowest BCUT2D eigenvalue weighted by Crippen LogP contribution is -2.21. The Kier molecular flexibility index (Phi) is 1.94. The number of hydrogen-bond acceptors (Lipinski definition) is 3. The van der Waals surface area contributed by atoms with Crippen molar-refractivity contribution in [1.82, 2.24) is 9.97 Å². The molecular weight excluding hydrogens is 150 g/mol. The second-order valence-electron chi connectivity index (χ2n) is 3.39. The van der Waals surface area contributed by atoms with Crippen molar-refractivity contribution in [3.63, 3.8) is 0 Å². The molecular formula is C9H13N3. The molecule has 0 amide bonds. The van der Waals surface area contributed by atoms with Crippen LogP contribution in [0.15, 0.2) is 18.5 Å². The standard InChI is InChI=1S/C9H13N3/c1-8-3-6-12(7-8)9-10-4-2-5-11-9/h2,4-5,8H,3,6-7H2,1H3/t8-/m0/s1. The first-order valence-electron chi connectivity index (χ1n) is 4.38. The summed E-state index contributed by atoms with van der Waals surface area (Å²) < 4.78 is 0. The van der Waals surface area contributed by atoms with Gasteiger partial charge >= 0.3 is 0 Å². The Balaban J connectivity index is 2.11. The third kappa shape index (κ3) is 1.40. The van der Waals surface area contributed by atoms with E-state index in [0.29, 0.717) is 0 Å². The predicted octanol–water partition coefficient (Wildman–Crippen LogP) is 1.32. The summed E-state index contributed by atoms with van der Waals surface area (Å²) in [6.07, 6.45) is 4.86. The first kappa shape index (κ1) is 7.53. The van der Waals surface area contributed by atoms with Crippen LogP contribution in [0, 0.1) is 5.92 Å². The van der Waals surface area contributed by atoms with Gasteiger partial charge in [-0.2, -0.15) is 0 Å². The van der Waals surface area contributed by atoms with Crippen molar-refractivity contribution < 1.29 is 0 Å². The minimum absolute atomic E-state index is 0.786. The molecule has 0 N–H and O–H groups in total. The highest BCUT2D eigenvalue weighted by Gasteiger charge is 2.19. The molecule has 64 valence electrons. The maximum Gasteiger partial charge on any atom is 0.225 e. The lowest BCUT2D eigenvalue weighted by molar-refractivity contribution is 0.658. The van der Waals surface area contributed by atoms with Crippen LogP contribution in [0.25, 0.3) is 0 Å². The van der Waals surface area contributed by atoms with E-state index in [9.17, 15) is 0 Å². The summed E-state index contributed by atoms with van der Waals surface area (Å²) in [4.78, 5) is 10.7. The number of anilines is 1. The van der Waals surface area contributed by atoms with Crippen molar-refractivity contribution >= 4 is 5.95 Å². The molecule has 1 aromatic rings. The molecule has 1 aliphatic rings. The van der Waals surface area contributed by atoms with Gasteiger partial charge in [-0.25, -0.2) is 9.97 Å². The third-order valence-corrected chi connectivity index (χ3v) is 2.26. The molecule has 0 unspecified atom stereocenters. The van der Waals surface area contributed by atoms with Crippen LogP contribution >= 0.6 is 0 Å². The molecule has 0 saturated carbocycles. The molecule has 3 nitrogen and oxygen atoms in total. The van der Waals surface area contributed by atoms with Crippen molar-refractivity contribution in [3.05, 3.63) is 18.5 Å². The minimum Gasteiger partial charge on any atom is -0.341 e. The van der Waals surface area contributed by atoms with E-state index >= 15 is 0 Å². The maximum absolute atomic E-state index is 4.21. The Labute approximate surface area is 72.4 Å². The molecule has 1 atom stereocenters. The van der Waals surface area contributed by atoms with E-state index in [1.165, 1.54) is 6.42 Å². The van der Waals surface area contributed by atoms with E-state index in [1.54, 1.807) is 12.4 Å². The largest absolute Gasteiger partial charge is 0.341 e. The normalized spacial score (nSPS) is 23.1. The molecule has 1 saturated heterocycles. The summed E-state index contributed by atoms with van der Waals surface area (Å²) >= 11 is 0. The van der Waals surface area contributed by atoms with E-state index in [1.807, 2.05) is 6.07 Å². The van der Waals surface area contributed by atoms with Gasteiger partial charge < -0.3 is 4.90 Å². The highest BCUT2D eigenvalue weighted by Crippen LogP contribution is 2.18. The van der Waals surface area contributed by atoms with Crippen LogP contribution in [0.3, 0.4) is 0 Å². The molecule has 12 heavy (non-hydrogen) atoms. The third-order valence-electron chi connectivity index (χ3n) is 2.26. The van der Waals surface area contributed by atoms with Gasteiger partial charge in [0.1, 0.15) is 0 Å². The van der Waals surface area contributed by atoms with Gasteiger partial charge in [-0.05, 0) is 18.4 Å². The van der Waals surface area contributed by atoms with E-state index < -0.39 is 0 Å². The Morgan fingerprint density at radius 1 is 1.42 bits per heavy atom. The van der Waals surface area contributed by atoms with Crippen molar-refractivity contribution in [1.29, 1.82) is 0 Å². The van der Waals surface area contributed by atoms with Crippen LogP contribution in [-0.4, -0.2) is 23.1 Å².